The van der Waals surface area contributed by atoms with Crippen molar-refractivity contribution in [3.8, 4) is 0 Å². The van der Waals surface area contributed by atoms with Crippen LogP contribution in [-0.4, -0.2) is 47.8 Å². The fourth-order valence-corrected chi connectivity index (χ4v) is 2.89. The first-order valence-electron chi connectivity index (χ1n) is 8.63. The second-order valence-corrected chi connectivity index (χ2v) is 6.46. The van der Waals surface area contributed by atoms with Crippen LogP contribution < -0.4 is 0 Å². The number of hydrogen-bond donors (Lipinski definition) is 0. The number of amides is 2. The van der Waals surface area contributed by atoms with E-state index < -0.39 is 0 Å². The highest BCUT2D eigenvalue weighted by atomic mass is 16.2. The molecule has 0 spiro atoms. The lowest BCUT2D eigenvalue weighted by molar-refractivity contribution is -0.139. The van der Waals surface area contributed by atoms with E-state index in [1.54, 1.807) is 0 Å². The molecule has 0 bridgehead atoms. The zero-order valence-corrected chi connectivity index (χ0v) is 14.6. The zero-order chi connectivity index (χ0) is 16.8. The Labute approximate surface area is 139 Å². The lowest BCUT2D eigenvalue weighted by Gasteiger charge is -2.35. The van der Waals surface area contributed by atoms with E-state index in [9.17, 15) is 9.59 Å². The average Bonchev–Trinajstić information content (AvgIpc) is 2.56. The van der Waals surface area contributed by atoms with Crippen molar-refractivity contribution in [2.24, 2.45) is 0 Å². The highest BCUT2D eigenvalue weighted by Crippen LogP contribution is 2.13. The first-order chi connectivity index (χ1) is 11.0. The number of carbonyl (C=O) groups excluding carboxylic acids is 2. The summed E-state index contributed by atoms with van der Waals surface area (Å²) in [6.45, 7) is 8.89. The molecule has 1 saturated heterocycles. The van der Waals surface area contributed by atoms with E-state index in [0.29, 0.717) is 39.0 Å². The summed E-state index contributed by atoms with van der Waals surface area (Å²) in [6.07, 6.45) is 3.07. The summed E-state index contributed by atoms with van der Waals surface area (Å²) in [4.78, 5) is 28.2. The van der Waals surface area contributed by atoms with Gasteiger partial charge < -0.3 is 9.80 Å². The van der Waals surface area contributed by atoms with Crippen LogP contribution in [0, 0.1) is 13.8 Å². The average molecular weight is 316 g/mol. The number of unbranched alkanes of at least 4 members (excludes halogenated alkanes) is 1. The predicted molar refractivity (Wildman–Crippen MR) is 92.3 cm³/mol. The van der Waals surface area contributed by atoms with Crippen molar-refractivity contribution in [1.29, 1.82) is 0 Å². The molecule has 1 fully saturated rings. The number of nitrogens with zero attached hydrogens (tertiary/aromatic N) is 2. The topological polar surface area (TPSA) is 40.6 Å². The molecule has 0 unspecified atom stereocenters. The molecule has 1 aliphatic heterocycles. The second-order valence-electron chi connectivity index (χ2n) is 6.46. The third-order valence-electron chi connectivity index (χ3n) is 4.66. The molecule has 23 heavy (non-hydrogen) atoms. The van der Waals surface area contributed by atoms with Gasteiger partial charge in [0.25, 0.3) is 0 Å². The molecule has 0 radical (unpaired) electrons. The van der Waals surface area contributed by atoms with Gasteiger partial charge in [-0.3, -0.25) is 9.59 Å². The minimum absolute atomic E-state index is 0.161. The molecule has 2 amide bonds. The Morgan fingerprint density at radius 2 is 1.57 bits per heavy atom. The van der Waals surface area contributed by atoms with Crippen molar-refractivity contribution in [2.45, 2.75) is 46.5 Å². The van der Waals surface area contributed by atoms with Crippen LogP contribution in [0.25, 0.3) is 0 Å². The first-order valence-corrected chi connectivity index (χ1v) is 8.63. The number of benzene rings is 1. The summed E-state index contributed by atoms with van der Waals surface area (Å²) in [6, 6.07) is 6.20. The molecule has 126 valence electrons. The van der Waals surface area contributed by atoms with Crippen LogP contribution in [0.15, 0.2) is 18.2 Å². The minimum atomic E-state index is 0.161. The molecule has 1 aliphatic rings. The third-order valence-corrected chi connectivity index (χ3v) is 4.66. The second kappa shape index (κ2) is 8.14. The first kappa shape index (κ1) is 17.5. The van der Waals surface area contributed by atoms with Gasteiger partial charge in [-0.15, -0.1) is 0 Å². The van der Waals surface area contributed by atoms with Gasteiger partial charge in [0.15, 0.2) is 0 Å². The fourth-order valence-electron chi connectivity index (χ4n) is 2.89. The lowest BCUT2D eigenvalue weighted by atomic mass is 10.0. The summed E-state index contributed by atoms with van der Waals surface area (Å²) in [5, 5.41) is 0. The van der Waals surface area contributed by atoms with Crippen molar-refractivity contribution in [3.05, 3.63) is 34.9 Å². The van der Waals surface area contributed by atoms with E-state index in [-0.39, 0.29) is 11.8 Å². The lowest BCUT2D eigenvalue weighted by Crippen LogP contribution is -2.50. The number of aryl methyl sites for hydroxylation is 2. The molecule has 1 aromatic carbocycles. The van der Waals surface area contributed by atoms with Gasteiger partial charge in [-0.25, -0.2) is 0 Å². The molecule has 0 atom stereocenters. The van der Waals surface area contributed by atoms with Gasteiger partial charge in [0.1, 0.15) is 0 Å². The maximum atomic E-state index is 12.4. The largest absolute Gasteiger partial charge is 0.339 e. The summed E-state index contributed by atoms with van der Waals surface area (Å²) >= 11 is 0. The summed E-state index contributed by atoms with van der Waals surface area (Å²) in [5.41, 5.74) is 3.54. The molecular formula is C19H28N2O2. The number of carbonyl (C=O) groups is 2. The van der Waals surface area contributed by atoms with Gasteiger partial charge in [-0.1, -0.05) is 31.5 Å². The standard InChI is InChI=1S/C19H28N2O2/c1-4-5-6-18(22)20-9-11-21(12-10-20)19(23)14-17-8-7-15(2)16(3)13-17/h7-8,13H,4-6,9-12,14H2,1-3H3. The SMILES string of the molecule is CCCCC(=O)N1CCN(C(=O)Cc2ccc(C)c(C)c2)CC1. The van der Waals surface area contributed by atoms with Gasteiger partial charge in [-0.2, -0.15) is 0 Å². The van der Waals surface area contributed by atoms with Gasteiger partial charge in [0, 0.05) is 32.6 Å². The van der Waals surface area contributed by atoms with Crippen LogP contribution in [0.4, 0.5) is 0 Å². The van der Waals surface area contributed by atoms with E-state index in [4.69, 9.17) is 0 Å². The van der Waals surface area contributed by atoms with Crippen molar-refractivity contribution in [2.75, 3.05) is 26.2 Å². The molecule has 1 heterocycles. The van der Waals surface area contributed by atoms with E-state index >= 15 is 0 Å². The molecule has 0 N–H and O–H groups in total. The maximum absolute atomic E-state index is 12.4. The maximum Gasteiger partial charge on any atom is 0.227 e. The van der Waals surface area contributed by atoms with Crippen molar-refractivity contribution in [1.82, 2.24) is 9.80 Å². The van der Waals surface area contributed by atoms with Crippen molar-refractivity contribution >= 4 is 11.8 Å². The van der Waals surface area contributed by atoms with E-state index in [0.717, 1.165) is 18.4 Å². The van der Waals surface area contributed by atoms with Crippen LogP contribution in [0.5, 0.6) is 0 Å². The number of piperazine rings is 1. The molecular weight excluding hydrogens is 288 g/mol. The van der Waals surface area contributed by atoms with Crippen LogP contribution in [0.3, 0.4) is 0 Å². The van der Waals surface area contributed by atoms with Gasteiger partial charge >= 0.3 is 0 Å². The Morgan fingerprint density at radius 3 is 2.13 bits per heavy atom. The summed E-state index contributed by atoms with van der Waals surface area (Å²) in [7, 11) is 0. The smallest absolute Gasteiger partial charge is 0.227 e. The van der Waals surface area contributed by atoms with Crippen LogP contribution in [0.2, 0.25) is 0 Å². The van der Waals surface area contributed by atoms with E-state index in [2.05, 4.69) is 32.9 Å². The van der Waals surface area contributed by atoms with Crippen LogP contribution >= 0.6 is 0 Å². The molecule has 2 rings (SSSR count). The van der Waals surface area contributed by atoms with Gasteiger partial charge in [0.2, 0.25) is 11.8 Å². The fraction of sp³-hybridized carbons (Fsp3) is 0.579. The Hall–Kier alpha value is -1.84. The van der Waals surface area contributed by atoms with Crippen LogP contribution in [0.1, 0.15) is 42.9 Å². The van der Waals surface area contributed by atoms with Crippen LogP contribution in [-0.2, 0) is 16.0 Å². The predicted octanol–water partition coefficient (Wildman–Crippen LogP) is 2.71. The third kappa shape index (κ3) is 4.81. The molecule has 0 saturated carbocycles. The van der Waals surface area contributed by atoms with Gasteiger partial charge in [0.05, 0.1) is 6.42 Å². The summed E-state index contributed by atoms with van der Waals surface area (Å²) in [5.74, 6) is 0.391. The molecule has 0 aromatic heterocycles. The number of hydrogen-bond acceptors (Lipinski definition) is 2. The molecule has 1 aromatic rings. The highest BCUT2D eigenvalue weighted by Gasteiger charge is 2.23. The monoisotopic (exact) mass is 316 g/mol. The van der Waals surface area contributed by atoms with E-state index in [1.165, 1.54) is 11.1 Å². The zero-order valence-electron chi connectivity index (χ0n) is 14.6. The minimum Gasteiger partial charge on any atom is -0.339 e. The Morgan fingerprint density at radius 1 is 0.957 bits per heavy atom. The van der Waals surface area contributed by atoms with Gasteiger partial charge in [-0.05, 0) is 37.0 Å². The Kier molecular flexibility index (Phi) is 6.20. The molecule has 4 nitrogen and oxygen atoms in total. The quantitative estimate of drug-likeness (QED) is 0.838. The molecule has 0 aliphatic carbocycles. The normalized spacial score (nSPS) is 14.9. The highest BCUT2D eigenvalue weighted by molar-refractivity contribution is 5.80. The van der Waals surface area contributed by atoms with Crippen molar-refractivity contribution in [3.63, 3.8) is 0 Å². The Balaban J connectivity index is 1.83. The Bertz CT molecular complexity index is 560. The van der Waals surface area contributed by atoms with Crippen molar-refractivity contribution < 1.29 is 9.59 Å². The van der Waals surface area contributed by atoms with E-state index in [1.807, 2.05) is 15.9 Å². The molecule has 4 heteroatoms. The number of rotatable bonds is 5. The summed E-state index contributed by atoms with van der Waals surface area (Å²) < 4.78 is 0.